The number of β-amino-alcohol motifs (C(OH)–C–C–N with tert-alkyl or cyclic N) is 1. The molecule has 1 aromatic heterocycles. The van der Waals surface area contributed by atoms with Crippen molar-refractivity contribution in [1.29, 1.82) is 0 Å². The summed E-state index contributed by atoms with van der Waals surface area (Å²) in [5.74, 6) is 0. The second-order valence-corrected chi connectivity index (χ2v) is 5.17. The molecule has 0 amide bonds. The average Bonchev–Trinajstić information content (AvgIpc) is 3.04. The summed E-state index contributed by atoms with van der Waals surface area (Å²) in [7, 11) is 0. The van der Waals surface area contributed by atoms with Gasteiger partial charge in [-0.3, -0.25) is 9.88 Å². The fourth-order valence-electron chi connectivity index (χ4n) is 2.75. The van der Waals surface area contributed by atoms with E-state index in [0.717, 1.165) is 36.7 Å². The molecule has 2 fully saturated rings. The van der Waals surface area contributed by atoms with Gasteiger partial charge in [-0.1, -0.05) is 0 Å². The lowest BCUT2D eigenvalue weighted by molar-refractivity contribution is 0.0442. The normalized spacial score (nSPS) is 30.9. The van der Waals surface area contributed by atoms with Gasteiger partial charge in [-0.2, -0.15) is 0 Å². The molecule has 0 bridgehead atoms. The van der Waals surface area contributed by atoms with E-state index in [0.29, 0.717) is 0 Å². The third-order valence-electron chi connectivity index (χ3n) is 3.88. The molecule has 3 nitrogen and oxygen atoms in total. The molecule has 2 heterocycles. The highest BCUT2D eigenvalue weighted by Crippen LogP contribution is 2.38. The maximum Gasteiger partial charge on any atom is 0.105 e. The van der Waals surface area contributed by atoms with Crippen molar-refractivity contribution in [2.45, 2.75) is 37.8 Å². The van der Waals surface area contributed by atoms with Crippen LogP contribution in [0.4, 0.5) is 0 Å². The quantitative estimate of drug-likeness (QED) is 0.816. The summed E-state index contributed by atoms with van der Waals surface area (Å²) >= 11 is 0. The number of hydrogen-bond donors (Lipinski definition) is 1. The Morgan fingerprint density at radius 3 is 3.00 bits per heavy atom. The molecule has 1 aliphatic heterocycles. The van der Waals surface area contributed by atoms with E-state index in [1.165, 1.54) is 12.8 Å². The first kappa shape index (κ1) is 10.2. The first-order chi connectivity index (χ1) is 7.69. The lowest BCUT2D eigenvalue weighted by Gasteiger charge is -2.25. The van der Waals surface area contributed by atoms with Crippen LogP contribution >= 0.6 is 0 Å². The molecule has 3 heteroatoms. The maximum absolute atomic E-state index is 10.7. The van der Waals surface area contributed by atoms with Gasteiger partial charge in [-0.25, -0.2) is 0 Å². The van der Waals surface area contributed by atoms with Crippen molar-refractivity contribution in [1.82, 2.24) is 9.88 Å². The topological polar surface area (TPSA) is 36.4 Å². The van der Waals surface area contributed by atoms with Crippen LogP contribution in [0, 0.1) is 6.92 Å². The number of pyridine rings is 1. The number of aryl methyl sites for hydroxylation is 1. The van der Waals surface area contributed by atoms with E-state index >= 15 is 0 Å². The van der Waals surface area contributed by atoms with Crippen LogP contribution in [0.2, 0.25) is 0 Å². The first-order valence-electron chi connectivity index (χ1n) is 6.06. The van der Waals surface area contributed by atoms with Crippen molar-refractivity contribution in [2.24, 2.45) is 0 Å². The van der Waals surface area contributed by atoms with Crippen LogP contribution in [-0.4, -0.2) is 34.1 Å². The Bertz CT molecular complexity index is 403. The predicted molar refractivity (Wildman–Crippen MR) is 62.1 cm³/mol. The highest BCUT2D eigenvalue weighted by atomic mass is 16.3. The predicted octanol–water partition coefficient (Wildman–Crippen LogP) is 1.45. The Morgan fingerprint density at radius 2 is 2.31 bits per heavy atom. The third kappa shape index (κ3) is 1.64. The number of rotatable bonds is 2. The zero-order valence-electron chi connectivity index (χ0n) is 9.69. The molecule has 1 N–H and O–H groups in total. The van der Waals surface area contributed by atoms with Gasteiger partial charge in [0.2, 0.25) is 0 Å². The molecule has 0 spiro atoms. The average molecular weight is 218 g/mol. The third-order valence-corrected chi connectivity index (χ3v) is 3.88. The van der Waals surface area contributed by atoms with Crippen molar-refractivity contribution in [3.63, 3.8) is 0 Å². The molecule has 1 saturated carbocycles. The van der Waals surface area contributed by atoms with Crippen molar-refractivity contribution in [3.05, 3.63) is 29.6 Å². The van der Waals surface area contributed by atoms with Gasteiger partial charge in [-0.05, 0) is 37.8 Å². The maximum atomic E-state index is 10.7. The van der Waals surface area contributed by atoms with Crippen LogP contribution in [0.1, 0.15) is 30.4 Å². The Hall–Kier alpha value is -0.930. The van der Waals surface area contributed by atoms with Gasteiger partial charge in [0.1, 0.15) is 5.60 Å². The number of hydrogen-bond acceptors (Lipinski definition) is 3. The van der Waals surface area contributed by atoms with Gasteiger partial charge in [0.15, 0.2) is 0 Å². The minimum Gasteiger partial charge on any atom is -0.384 e. The molecule has 0 radical (unpaired) electrons. The van der Waals surface area contributed by atoms with Crippen LogP contribution in [0.3, 0.4) is 0 Å². The van der Waals surface area contributed by atoms with E-state index in [4.69, 9.17) is 0 Å². The van der Waals surface area contributed by atoms with Gasteiger partial charge in [0, 0.05) is 37.1 Å². The van der Waals surface area contributed by atoms with Crippen molar-refractivity contribution in [2.75, 3.05) is 13.1 Å². The molecule has 16 heavy (non-hydrogen) atoms. The molecule has 1 aromatic rings. The number of aromatic nitrogens is 1. The molecule has 2 aliphatic rings. The largest absolute Gasteiger partial charge is 0.384 e. The summed E-state index contributed by atoms with van der Waals surface area (Å²) in [6, 6.07) is 2.72. The Kier molecular flexibility index (Phi) is 2.26. The van der Waals surface area contributed by atoms with Gasteiger partial charge in [0.25, 0.3) is 0 Å². The van der Waals surface area contributed by atoms with Gasteiger partial charge in [0.05, 0.1) is 0 Å². The molecular formula is C13H18N2O. The van der Waals surface area contributed by atoms with Gasteiger partial charge < -0.3 is 5.11 Å². The Balaban J connectivity index is 1.86. The summed E-state index contributed by atoms with van der Waals surface area (Å²) < 4.78 is 0. The van der Waals surface area contributed by atoms with Crippen LogP contribution < -0.4 is 0 Å². The standard InChI is InChI=1S/C13H18N2O/c1-10-4-6-14-8-12(10)13(16)5-7-15(9-13)11-2-3-11/h4,6,8,11,16H,2-3,5,7,9H2,1H3. The summed E-state index contributed by atoms with van der Waals surface area (Å²) in [5, 5.41) is 10.7. The molecule has 1 saturated heterocycles. The number of aliphatic hydroxyl groups is 1. The summed E-state index contributed by atoms with van der Waals surface area (Å²) in [6.07, 6.45) is 7.07. The van der Waals surface area contributed by atoms with Crippen LogP contribution in [0.25, 0.3) is 0 Å². The van der Waals surface area contributed by atoms with Gasteiger partial charge >= 0.3 is 0 Å². The summed E-state index contributed by atoms with van der Waals surface area (Å²) in [4.78, 5) is 6.57. The lowest BCUT2D eigenvalue weighted by atomic mass is 9.91. The fraction of sp³-hybridized carbons (Fsp3) is 0.615. The second kappa shape index (κ2) is 3.54. The minimum absolute atomic E-state index is 0.666. The fourth-order valence-corrected chi connectivity index (χ4v) is 2.75. The van der Waals surface area contributed by atoms with Crippen LogP contribution in [0.15, 0.2) is 18.5 Å². The van der Waals surface area contributed by atoms with Crippen LogP contribution in [0.5, 0.6) is 0 Å². The minimum atomic E-state index is -0.666. The van der Waals surface area contributed by atoms with Crippen molar-refractivity contribution >= 4 is 0 Å². The number of likely N-dealkylation sites (tertiary alicyclic amines) is 1. The van der Waals surface area contributed by atoms with E-state index in [1.54, 1.807) is 6.20 Å². The molecule has 1 unspecified atom stereocenters. The Morgan fingerprint density at radius 1 is 1.50 bits per heavy atom. The molecule has 1 atom stereocenters. The second-order valence-electron chi connectivity index (χ2n) is 5.17. The molecule has 0 aromatic carbocycles. The van der Waals surface area contributed by atoms with Gasteiger partial charge in [-0.15, -0.1) is 0 Å². The molecular weight excluding hydrogens is 200 g/mol. The van der Waals surface area contributed by atoms with E-state index in [-0.39, 0.29) is 0 Å². The SMILES string of the molecule is Cc1ccncc1C1(O)CCN(C2CC2)C1. The number of nitrogens with zero attached hydrogens (tertiary/aromatic N) is 2. The smallest absolute Gasteiger partial charge is 0.105 e. The van der Waals surface area contributed by atoms with E-state index in [1.807, 2.05) is 12.3 Å². The summed E-state index contributed by atoms with van der Waals surface area (Å²) in [6.45, 7) is 3.86. The van der Waals surface area contributed by atoms with Crippen molar-refractivity contribution in [3.8, 4) is 0 Å². The molecule has 1 aliphatic carbocycles. The van der Waals surface area contributed by atoms with E-state index in [2.05, 4.69) is 16.8 Å². The molecule has 86 valence electrons. The molecule has 3 rings (SSSR count). The van der Waals surface area contributed by atoms with E-state index < -0.39 is 5.60 Å². The zero-order valence-corrected chi connectivity index (χ0v) is 9.69. The monoisotopic (exact) mass is 218 g/mol. The highest BCUT2D eigenvalue weighted by Gasteiger charge is 2.43. The first-order valence-corrected chi connectivity index (χ1v) is 6.06. The van der Waals surface area contributed by atoms with E-state index in [9.17, 15) is 5.11 Å². The van der Waals surface area contributed by atoms with Crippen molar-refractivity contribution < 1.29 is 5.11 Å². The summed E-state index contributed by atoms with van der Waals surface area (Å²) in [5.41, 5.74) is 1.49. The van der Waals surface area contributed by atoms with Crippen LogP contribution in [-0.2, 0) is 5.60 Å². The Labute approximate surface area is 96.1 Å². The lowest BCUT2D eigenvalue weighted by Crippen LogP contribution is -2.32. The zero-order chi connectivity index (χ0) is 11.2. The highest BCUT2D eigenvalue weighted by molar-refractivity contribution is 5.29.